The van der Waals surface area contributed by atoms with E-state index in [2.05, 4.69) is 15.0 Å². The second-order valence-corrected chi connectivity index (χ2v) is 6.96. The summed E-state index contributed by atoms with van der Waals surface area (Å²) in [6, 6.07) is 12.3. The molecule has 0 radical (unpaired) electrons. The number of halogens is 2. The van der Waals surface area contributed by atoms with Gasteiger partial charge in [0.15, 0.2) is 11.5 Å². The highest BCUT2D eigenvalue weighted by molar-refractivity contribution is 6.08. The largest absolute Gasteiger partial charge is 0.435 e. The Balaban J connectivity index is 2.15. The number of alkyl halides is 2. The van der Waals surface area contributed by atoms with Crippen molar-refractivity contribution in [2.24, 2.45) is 10.7 Å². The Bertz CT molecular complexity index is 948. The number of ether oxygens (including phenoxy) is 1. The zero-order chi connectivity index (χ0) is 21.2. The van der Waals surface area contributed by atoms with Gasteiger partial charge in [-0.25, -0.2) is 4.99 Å². The molecular formula is C21H24F2N4O2. The van der Waals surface area contributed by atoms with Crippen LogP contribution < -0.4 is 15.8 Å². The first-order valence-electron chi connectivity index (χ1n) is 9.23. The molecule has 6 nitrogen and oxygen atoms in total. The maximum atomic E-state index is 13.3. The van der Waals surface area contributed by atoms with Crippen LogP contribution in [0.2, 0.25) is 0 Å². The van der Waals surface area contributed by atoms with Crippen molar-refractivity contribution in [1.29, 1.82) is 0 Å². The lowest BCUT2D eigenvalue weighted by atomic mass is 9.81. The molecule has 8 heteroatoms. The molecule has 1 atom stereocenters. The van der Waals surface area contributed by atoms with Crippen LogP contribution in [0.25, 0.3) is 0 Å². The van der Waals surface area contributed by atoms with Gasteiger partial charge in [-0.2, -0.15) is 8.78 Å². The van der Waals surface area contributed by atoms with E-state index in [0.717, 1.165) is 18.5 Å². The summed E-state index contributed by atoms with van der Waals surface area (Å²) in [5, 5.41) is 3.10. The first-order chi connectivity index (χ1) is 13.8. The summed E-state index contributed by atoms with van der Waals surface area (Å²) < 4.78 is 29.8. The van der Waals surface area contributed by atoms with Crippen LogP contribution in [-0.2, 0) is 16.8 Å². The third-order valence-corrected chi connectivity index (χ3v) is 5.06. The summed E-state index contributed by atoms with van der Waals surface area (Å²) in [7, 11) is 3.44. The first kappa shape index (κ1) is 20.7. The van der Waals surface area contributed by atoms with Gasteiger partial charge in [-0.05, 0) is 61.3 Å². The second-order valence-electron chi connectivity index (χ2n) is 6.96. The van der Waals surface area contributed by atoms with Crippen molar-refractivity contribution in [3.05, 3.63) is 64.7 Å². The van der Waals surface area contributed by atoms with Crippen molar-refractivity contribution in [2.75, 3.05) is 20.6 Å². The number of likely N-dealkylation sites (N-methyl/N-ethyl adjacent to an activating group) is 2. The quantitative estimate of drug-likeness (QED) is 0.745. The molecule has 0 fully saturated rings. The number of aryl methyl sites for hydroxylation is 1. The van der Waals surface area contributed by atoms with Crippen LogP contribution in [0.5, 0.6) is 5.75 Å². The van der Waals surface area contributed by atoms with E-state index in [-0.39, 0.29) is 17.6 Å². The SMILES string of the molecule is CNCCc1cccc(C2(c3ccc(OC(F)F)c(C)c3)N=C(N)N(C)C2=O)c1. The lowest BCUT2D eigenvalue weighted by Gasteiger charge is -2.27. The van der Waals surface area contributed by atoms with Crippen LogP contribution in [0, 0.1) is 6.92 Å². The Hall–Kier alpha value is -3.00. The van der Waals surface area contributed by atoms with Gasteiger partial charge in [0.2, 0.25) is 0 Å². The van der Waals surface area contributed by atoms with Crippen molar-refractivity contribution >= 4 is 11.9 Å². The standard InChI is InChI=1S/C21H24F2N4O2/c1-13-11-16(7-8-17(13)29-19(22)23)21(18(28)27(3)20(24)26-21)15-6-4-5-14(12-15)9-10-25-2/h4-8,11-12,19,25H,9-10H2,1-3H3,(H2,24,26). The molecule has 2 aromatic rings. The van der Waals surface area contributed by atoms with Crippen molar-refractivity contribution < 1.29 is 18.3 Å². The molecule has 29 heavy (non-hydrogen) atoms. The molecule has 1 amide bonds. The monoisotopic (exact) mass is 402 g/mol. The summed E-state index contributed by atoms with van der Waals surface area (Å²) in [6.07, 6.45) is 0.782. The molecule has 2 aromatic carbocycles. The van der Waals surface area contributed by atoms with Crippen LogP contribution in [0.1, 0.15) is 22.3 Å². The maximum absolute atomic E-state index is 13.3. The number of amides is 1. The van der Waals surface area contributed by atoms with Crippen LogP contribution >= 0.6 is 0 Å². The van der Waals surface area contributed by atoms with Gasteiger partial charge in [-0.15, -0.1) is 0 Å². The molecule has 0 bridgehead atoms. The number of hydrogen-bond acceptors (Lipinski definition) is 5. The van der Waals surface area contributed by atoms with Crippen molar-refractivity contribution in [3.63, 3.8) is 0 Å². The van der Waals surface area contributed by atoms with Gasteiger partial charge in [-0.1, -0.05) is 30.3 Å². The molecule has 0 saturated heterocycles. The lowest BCUT2D eigenvalue weighted by molar-refractivity contribution is -0.129. The summed E-state index contributed by atoms with van der Waals surface area (Å²) in [4.78, 5) is 19.2. The van der Waals surface area contributed by atoms with E-state index < -0.39 is 12.2 Å². The van der Waals surface area contributed by atoms with Gasteiger partial charge in [0, 0.05) is 7.05 Å². The zero-order valence-corrected chi connectivity index (χ0v) is 16.6. The highest BCUT2D eigenvalue weighted by atomic mass is 19.3. The van der Waals surface area contributed by atoms with Crippen molar-refractivity contribution in [2.45, 2.75) is 25.5 Å². The molecule has 3 rings (SSSR count). The average Bonchev–Trinajstić information content (AvgIpc) is 2.93. The Morgan fingerprint density at radius 2 is 1.97 bits per heavy atom. The van der Waals surface area contributed by atoms with Crippen LogP contribution in [0.3, 0.4) is 0 Å². The number of nitrogens with two attached hydrogens (primary N) is 1. The Labute approximate surface area is 168 Å². The Morgan fingerprint density at radius 3 is 2.55 bits per heavy atom. The normalized spacial score (nSPS) is 19.0. The molecule has 0 saturated carbocycles. The molecule has 154 valence electrons. The van der Waals surface area contributed by atoms with Crippen molar-refractivity contribution in [3.8, 4) is 5.75 Å². The minimum atomic E-state index is -2.93. The Morgan fingerprint density at radius 1 is 1.24 bits per heavy atom. The fraction of sp³-hybridized carbons (Fsp3) is 0.333. The number of carbonyl (C=O) groups excluding carboxylic acids is 1. The first-order valence-corrected chi connectivity index (χ1v) is 9.23. The van der Waals surface area contributed by atoms with E-state index >= 15 is 0 Å². The van der Waals surface area contributed by atoms with E-state index in [1.165, 1.54) is 11.0 Å². The van der Waals surface area contributed by atoms with Gasteiger partial charge >= 0.3 is 6.61 Å². The van der Waals surface area contributed by atoms with Gasteiger partial charge in [0.05, 0.1) is 0 Å². The third-order valence-electron chi connectivity index (χ3n) is 5.06. The molecule has 0 aliphatic carbocycles. The predicted octanol–water partition coefficient (Wildman–Crippen LogP) is 2.39. The maximum Gasteiger partial charge on any atom is 0.387 e. The van der Waals surface area contributed by atoms with Gasteiger partial charge in [-0.3, -0.25) is 9.69 Å². The number of rotatable bonds is 7. The number of nitrogens with one attached hydrogen (secondary N) is 1. The van der Waals surface area contributed by atoms with E-state index in [1.54, 1.807) is 26.1 Å². The smallest absolute Gasteiger partial charge is 0.387 e. The molecule has 0 spiro atoms. The zero-order valence-electron chi connectivity index (χ0n) is 16.6. The predicted molar refractivity (Wildman–Crippen MR) is 107 cm³/mol. The van der Waals surface area contributed by atoms with Gasteiger partial charge in [0.25, 0.3) is 5.91 Å². The van der Waals surface area contributed by atoms with Gasteiger partial charge in [0.1, 0.15) is 5.75 Å². The van der Waals surface area contributed by atoms with Crippen LogP contribution in [0.15, 0.2) is 47.5 Å². The summed E-state index contributed by atoms with van der Waals surface area (Å²) >= 11 is 0. The molecule has 1 heterocycles. The minimum Gasteiger partial charge on any atom is -0.435 e. The average molecular weight is 402 g/mol. The lowest BCUT2D eigenvalue weighted by Crippen LogP contribution is -2.41. The number of benzene rings is 2. The fourth-order valence-electron chi connectivity index (χ4n) is 3.51. The molecule has 1 aliphatic rings. The second kappa shape index (κ2) is 8.16. The van der Waals surface area contributed by atoms with E-state index in [0.29, 0.717) is 16.7 Å². The number of guanidine groups is 1. The molecule has 1 unspecified atom stereocenters. The topological polar surface area (TPSA) is 80.0 Å². The van der Waals surface area contributed by atoms with Crippen LogP contribution in [0.4, 0.5) is 8.78 Å². The molecule has 1 aliphatic heterocycles. The number of aliphatic imine (C=N–C) groups is 1. The summed E-state index contributed by atoms with van der Waals surface area (Å²) in [5.74, 6) is -0.152. The summed E-state index contributed by atoms with van der Waals surface area (Å²) in [5.41, 5.74) is 7.35. The third kappa shape index (κ3) is 3.80. The Kier molecular flexibility index (Phi) is 5.83. The summed E-state index contributed by atoms with van der Waals surface area (Å²) in [6.45, 7) is -0.492. The van der Waals surface area contributed by atoms with Crippen LogP contribution in [-0.4, -0.2) is 44.0 Å². The number of carbonyl (C=O) groups is 1. The van der Waals surface area contributed by atoms with E-state index in [9.17, 15) is 13.6 Å². The number of nitrogens with zero attached hydrogens (tertiary/aromatic N) is 2. The molecule has 0 aromatic heterocycles. The fourth-order valence-corrected chi connectivity index (χ4v) is 3.51. The minimum absolute atomic E-state index is 0.0532. The van der Waals surface area contributed by atoms with Gasteiger partial charge < -0.3 is 15.8 Å². The molecular weight excluding hydrogens is 378 g/mol. The highest BCUT2D eigenvalue weighted by Gasteiger charge is 2.49. The highest BCUT2D eigenvalue weighted by Crippen LogP contribution is 2.41. The molecule has 3 N–H and O–H groups in total. The number of hydrogen-bond donors (Lipinski definition) is 2. The van der Waals surface area contributed by atoms with Crippen molar-refractivity contribution in [1.82, 2.24) is 10.2 Å². The van der Waals surface area contributed by atoms with E-state index in [1.807, 2.05) is 31.3 Å². The van der Waals surface area contributed by atoms with E-state index in [4.69, 9.17) is 5.73 Å².